The number of primary amides is 1. The lowest BCUT2D eigenvalue weighted by Gasteiger charge is -1.92. The zero-order chi connectivity index (χ0) is 9.56. The molecule has 66 valence electrons. The van der Waals surface area contributed by atoms with Gasteiger partial charge in [-0.05, 0) is 12.1 Å². The molecule has 1 amide bonds. The number of nitrogens with two attached hydrogens (primary N) is 1. The topological polar surface area (TPSA) is 56.0 Å². The van der Waals surface area contributed by atoms with Crippen LogP contribution in [0.1, 0.15) is 24.3 Å². The summed E-state index contributed by atoms with van der Waals surface area (Å²) in [7, 11) is 0. The van der Waals surface area contributed by atoms with Crippen molar-refractivity contribution < 1.29 is 9.18 Å². The second kappa shape index (κ2) is 5.23. The minimum atomic E-state index is -0.849. The largest absolute Gasteiger partial charge is 0.364 e. The van der Waals surface area contributed by atoms with E-state index in [1.807, 2.05) is 13.8 Å². The van der Waals surface area contributed by atoms with Crippen LogP contribution in [0.15, 0.2) is 18.3 Å². The first-order chi connectivity index (χ1) is 5.72. The van der Waals surface area contributed by atoms with Gasteiger partial charge in [-0.2, -0.15) is 0 Å². The number of rotatable bonds is 1. The van der Waals surface area contributed by atoms with Gasteiger partial charge in [0.2, 0.25) is 0 Å². The summed E-state index contributed by atoms with van der Waals surface area (Å²) in [6.07, 6.45) is 1.31. The lowest BCUT2D eigenvalue weighted by atomic mass is 10.3. The van der Waals surface area contributed by atoms with Gasteiger partial charge in [-0.3, -0.25) is 4.79 Å². The molecular weight excluding hydrogens is 159 g/mol. The number of pyridine rings is 1. The quantitative estimate of drug-likeness (QED) is 0.691. The Hall–Kier alpha value is -1.45. The number of nitrogens with zero attached hydrogens (tertiary/aromatic N) is 1. The average Bonchev–Trinajstić information content (AvgIpc) is 2.08. The molecule has 0 aliphatic heterocycles. The van der Waals surface area contributed by atoms with Crippen molar-refractivity contribution in [2.75, 3.05) is 0 Å². The van der Waals surface area contributed by atoms with Crippen molar-refractivity contribution in [1.29, 1.82) is 0 Å². The molecule has 0 saturated heterocycles. The Morgan fingerprint density at radius 2 is 2.17 bits per heavy atom. The van der Waals surface area contributed by atoms with Gasteiger partial charge in [-0.1, -0.05) is 13.8 Å². The third-order valence-corrected chi connectivity index (χ3v) is 0.992. The van der Waals surface area contributed by atoms with Crippen LogP contribution in [0, 0.1) is 5.82 Å². The van der Waals surface area contributed by atoms with Crippen molar-refractivity contribution in [3.63, 3.8) is 0 Å². The van der Waals surface area contributed by atoms with Crippen LogP contribution in [-0.4, -0.2) is 10.9 Å². The first-order valence-corrected chi connectivity index (χ1v) is 3.62. The van der Waals surface area contributed by atoms with E-state index in [9.17, 15) is 9.18 Å². The van der Waals surface area contributed by atoms with E-state index >= 15 is 0 Å². The average molecular weight is 170 g/mol. The van der Waals surface area contributed by atoms with Gasteiger partial charge in [0.1, 0.15) is 0 Å². The molecule has 0 aliphatic carbocycles. The predicted octanol–water partition coefficient (Wildman–Crippen LogP) is 1.35. The Kier molecular flexibility index (Phi) is 4.60. The van der Waals surface area contributed by atoms with Gasteiger partial charge in [-0.15, -0.1) is 0 Å². The summed E-state index contributed by atoms with van der Waals surface area (Å²) >= 11 is 0. The van der Waals surface area contributed by atoms with E-state index in [2.05, 4.69) is 4.98 Å². The standard InChI is InChI=1S/C6H5FN2O.C2H6/c7-4-2-1-3-9-5(4)6(8)10;1-2/h1-3H,(H2,8,10);1-2H3. The fourth-order valence-corrected chi connectivity index (χ4v) is 0.567. The van der Waals surface area contributed by atoms with Crippen LogP contribution in [0.4, 0.5) is 4.39 Å². The molecule has 0 radical (unpaired) electrons. The molecular formula is C8H11FN2O. The summed E-state index contributed by atoms with van der Waals surface area (Å²) in [5.41, 5.74) is 4.46. The van der Waals surface area contributed by atoms with Crippen LogP contribution in [0.5, 0.6) is 0 Å². The number of hydrogen-bond donors (Lipinski definition) is 1. The molecule has 2 N–H and O–H groups in total. The molecule has 0 bridgehead atoms. The number of aromatic nitrogens is 1. The van der Waals surface area contributed by atoms with Crippen LogP contribution >= 0.6 is 0 Å². The van der Waals surface area contributed by atoms with Gasteiger partial charge in [-0.25, -0.2) is 9.37 Å². The van der Waals surface area contributed by atoms with Crippen LogP contribution in [0.25, 0.3) is 0 Å². The van der Waals surface area contributed by atoms with E-state index < -0.39 is 11.7 Å². The highest BCUT2D eigenvalue weighted by Gasteiger charge is 2.06. The summed E-state index contributed by atoms with van der Waals surface area (Å²) in [5.74, 6) is -1.53. The third kappa shape index (κ3) is 2.65. The lowest BCUT2D eigenvalue weighted by molar-refractivity contribution is 0.0991. The van der Waals surface area contributed by atoms with Crippen molar-refractivity contribution in [3.05, 3.63) is 29.8 Å². The molecule has 3 nitrogen and oxygen atoms in total. The van der Waals surface area contributed by atoms with Gasteiger partial charge in [0.25, 0.3) is 5.91 Å². The van der Waals surface area contributed by atoms with E-state index in [4.69, 9.17) is 5.73 Å². The predicted molar refractivity (Wildman–Crippen MR) is 44.1 cm³/mol. The van der Waals surface area contributed by atoms with E-state index in [0.29, 0.717) is 0 Å². The molecule has 0 spiro atoms. The maximum Gasteiger partial charge on any atom is 0.270 e. The van der Waals surface area contributed by atoms with Crippen LogP contribution < -0.4 is 5.73 Å². The highest BCUT2D eigenvalue weighted by molar-refractivity contribution is 5.90. The molecule has 0 fully saturated rings. The molecule has 1 rings (SSSR count). The number of hydrogen-bond acceptors (Lipinski definition) is 2. The fourth-order valence-electron chi connectivity index (χ4n) is 0.567. The third-order valence-electron chi connectivity index (χ3n) is 0.992. The SMILES string of the molecule is CC.NC(=O)c1ncccc1F. The maximum atomic E-state index is 12.5. The Morgan fingerprint density at radius 1 is 1.58 bits per heavy atom. The molecule has 0 saturated carbocycles. The molecule has 0 aliphatic rings. The maximum absolute atomic E-state index is 12.5. The first kappa shape index (κ1) is 10.6. The molecule has 1 aromatic heterocycles. The highest BCUT2D eigenvalue weighted by Crippen LogP contribution is 1.99. The lowest BCUT2D eigenvalue weighted by Crippen LogP contribution is -2.14. The summed E-state index contributed by atoms with van der Waals surface area (Å²) in [6.45, 7) is 4.00. The summed E-state index contributed by atoms with van der Waals surface area (Å²) in [6, 6.07) is 2.52. The summed E-state index contributed by atoms with van der Waals surface area (Å²) in [5, 5.41) is 0. The Bertz CT molecular complexity index is 263. The Labute approximate surface area is 70.4 Å². The number of amides is 1. The van der Waals surface area contributed by atoms with E-state index in [1.54, 1.807) is 0 Å². The van der Waals surface area contributed by atoms with Gasteiger partial charge >= 0.3 is 0 Å². The fraction of sp³-hybridized carbons (Fsp3) is 0.250. The van der Waals surface area contributed by atoms with Crippen molar-refractivity contribution in [3.8, 4) is 0 Å². The number of carbonyl (C=O) groups is 1. The van der Waals surface area contributed by atoms with Crippen LogP contribution in [-0.2, 0) is 0 Å². The second-order valence-corrected chi connectivity index (χ2v) is 1.70. The zero-order valence-corrected chi connectivity index (χ0v) is 7.04. The Balaban J connectivity index is 0.000000561. The van der Waals surface area contributed by atoms with Gasteiger partial charge < -0.3 is 5.73 Å². The van der Waals surface area contributed by atoms with Crippen molar-refractivity contribution in [2.24, 2.45) is 5.73 Å². The minimum absolute atomic E-state index is 0.317. The summed E-state index contributed by atoms with van der Waals surface area (Å²) < 4.78 is 12.5. The van der Waals surface area contributed by atoms with Crippen LogP contribution in [0.2, 0.25) is 0 Å². The van der Waals surface area contributed by atoms with E-state index in [-0.39, 0.29) is 5.69 Å². The zero-order valence-electron chi connectivity index (χ0n) is 7.04. The van der Waals surface area contributed by atoms with Crippen molar-refractivity contribution in [2.45, 2.75) is 13.8 Å². The van der Waals surface area contributed by atoms with Gasteiger partial charge in [0.05, 0.1) is 0 Å². The molecule has 1 aromatic rings. The number of carbonyl (C=O) groups excluding carboxylic acids is 1. The highest BCUT2D eigenvalue weighted by atomic mass is 19.1. The first-order valence-electron chi connectivity index (χ1n) is 3.62. The van der Waals surface area contributed by atoms with Gasteiger partial charge in [0.15, 0.2) is 11.5 Å². The van der Waals surface area contributed by atoms with Crippen molar-refractivity contribution >= 4 is 5.91 Å². The van der Waals surface area contributed by atoms with E-state index in [0.717, 1.165) is 6.07 Å². The molecule has 0 unspecified atom stereocenters. The molecule has 12 heavy (non-hydrogen) atoms. The van der Waals surface area contributed by atoms with E-state index in [1.165, 1.54) is 12.3 Å². The number of halogens is 1. The molecule has 0 atom stereocenters. The van der Waals surface area contributed by atoms with Crippen molar-refractivity contribution in [1.82, 2.24) is 4.98 Å². The monoisotopic (exact) mass is 170 g/mol. The Morgan fingerprint density at radius 3 is 2.50 bits per heavy atom. The molecule has 1 heterocycles. The van der Waals surface area contributed by atoms with Crippen LogP contribution in [0.3, 0.4) is 0 Å². The normalized spacial score (nSPS) is 8.25. The molecule has 0 aromatic carbocycles. The minimum Gasteiger partial charge on any atom is -0.364 e. The van der Waals surface area contributed by atoms with Gasteiger partial charge in [0, 0.05) is 6.20 Å². The second-order valence-electron chi connectivity index (χ2n) is 1.70. The molecule has 4 heteroatoms. The summed E-state index contributed by atoms with van der Waals surface area (Å²) in [4.78, 5) is 13.8. The smallest absolute Gasteiger partial charge is 0.270 e.